The van der Waals surface area contributed by atoms with Gasteiger partial charge in [-0.1, -0.05) is 13.0 Å². The standard InChI is InChI=1S/C19H18F3N5S/c1-5-28-14-8-11(18(2,3)10-23)6-7-12(14)16-24-13-9-15(19(20,21)22)25-26-17(13)27(16)4/h6-9H,5H2,1-4H3. The molecule has 2 heterocycles. The Morgan fingerprint density at radius 3 is 2.50 bits per heavy atom. The normalized spacial score (nSPS) is 12.4. The Labute approximate surface area is 164 Å². The number of benzene rings is 1. The molecule has 0 unspecified atom stereocenters. The number of rotatable bonds is 4. The minimum atomic E-state index is -4.58. The highest BCUT2D eigenvalue weighted by molar-refractivity contribution is 7.99. The SMILES string of the molecule is CCSc1cc(C(C)(C)C#N)ccc1-c1nc2cc(C(F)(F)F)nnc2n1C. The van der Waals surface area contributed by atoms with Crippen LogP contribution in [0.5, 0.6) is 0 Å². The maximum atomic E-state index is 12.9. The number of hydrogen-bond donors (Lipinski definition) is 0. The van der Waals surface area contributed by atoms with E-state index in [0.29, 0.717) is 5.82 Å². The fourth-order valence-corrected chi connectivity index (χ4v) is 3.64. The van der Waals surface area contributed by atoms with Crippen molar-refractivity contribution in [3.8, 4) is 17.5 Å². The number of nitriles is 1. The zero-order valence-electron chi connectivity index (χ0n) is 15.8. The monoisotopic (exact) mass is 405 g/mol. The van der Waals surface area contributed by atoms with Crippen LogP contribution >= 0.6 is 11.8 Å². The Morgan fingerprint density at radius 2 is 1.89 bits per heavy atom. The van der Waals surface area contributed by atoms with E-state index >= 15 is 0 Å². The number of halogens is 3. The quantitative estimate of drug-likeness (QED) is 0.574. The van der Waals surface area contributed by atoms with E-state index in [1.165, 1.54) is 0 Å². The summed E-state index contributed by atoms with van der Waals surface area (Å²) < 4.78 is 40.4. The lowest BCUT2D eigenvalue weighted by Crippen LogP contribution is -2.14. The van der Waals surface area contributed by atoms with Gasteiger partial charge in [-0.25, -0.2) is 4.98 Å². The van der Waals surface area contributed by atoms with Gasteiger partial charge in [0.15, 0.2) is 11.3 Å². The van der Waals surface area contributed by atoms with Gasteiger partial charge in [0.05, 0.1) is 11.5 Å². The van der Waals surface area contributed by atoms with E-state index in [4.69, 9.17) is 0 Å². The summed E-state index contributed by atoms with van der Waals surface area (Å²) in [5.74, 6) is 1.30. The zero-order chi connectivity index (χ0) is 20.7. The van der Waals surface area contributed by atoms with Crippen molar-refractivity contribution in [1.29, 1.82) is 5.26 Å². The number of aryl methyl sites for hydroxylation is 1. The first-order valence-corrected chi connectivity index (χ1v) is 9.53. The van der Waals surface area contributed by atoms with Gasteiger partial charge in [0.1, 0.15) is 11.3 Å². The molecule has 5 nitrogen and oxygen atoms in total. The Hall–Kier alpha value is -2.60. The topological polar surface area (TPSA) is 67.4 Å². The summed E-state index contributed by atoms with van der Waals surface area (Å²) in [7, 11) is 1.69. The second kappa shape index (κ2) is 7.09. The number of hydrogen-bond acceptors (Lipinski definition) is 5. The van der Waals surface area contributed by atoms with E-state index in [2.05, 4.69) is 21.3 Å². The lowest BCUT2D eigenvalue weighted by atomic mass is 9.86. The summed E-state index contributed by atoms with van der Waals surface area (Å²) in [4.78, 5) is 5.30. The van der Waals surface area contributed by atoms with Gasteiger partial charge >= 0.3 is 6.18 Å². The van der Waals surface area contributed by atoms with E-state index in [0.717, 1.165) is 27.8 Å². The Bertz CT molecular complexity index is 1080. The van der Waals surface area contributed by atoms with Crippen LogP contribution in [-0.4, -0.2) is 25.5 Å². The molecule has 0 atom stereocenters. The summed E-state index contributed by atoms with van der Waals surface area (Å²) in [5, 5.41) is 16.4. The molecule has 9 heteroatoms. The van der Waals surface area contributed by atoms with Crippen LogP contribution in [0.4, 0.5) is 13.2 Å². The first kappa shape index (κ1) is 20.1. The van der Waals surface area contributed by atoms with Crippen LogP contribution in [0.3, 0.4) is 0 Å². The Morgan fingerprint density at radius 1 is 1.18 bits per heavy atom. The van der Waals surface area contributed by atoms with Crippen LogP contribution in [-0.2, 0) is 18.6 Å². The van der Waals surface area contributed by atoms with Crippen molar-refractivity contribution in [3.05, 3.63) is 35.5 Å². The molecule has 0 N–H and O–H groups in total. The number of aromatic nitrogens is 4. The van der Waals surface area contributed by atoms with E-state index < -0.39 is 17.3 Å². The molecule has 28 heavy (non-hydrogen) atoms. The van der Waals surface area contributed by atoms with Crippen molar-refractivity contribution in [2.75, 3.05) is 5.75 Å². The fourth-order valence-electron chi connectivity index (χ4n) is 2.80. The minimum absolute atomic E-state index is 0.133. The predicted molar refractivity (Wildman–Crippen MR) is 102 cm³/mol. The van der Waals surface area contributed by atoms with Crippen molar-refractivity contribution in [3.63, 3.8) is 0 Å². The lowest BCUT2D eigenvalue weighted by Gasteiger charge is -2.18. The fraction of sp³-hybridized carbons (Fsp3) is 0.368. The van der Waals surface area contributed by atoms with Crippen molar-refractivity contribution < 1.29 is 13.2 Å². The zero-order valence-corrected chi connectivity index (χ0v) is 16.6. The molecule has 146 valence electrons. The highest BCUT2D eigenvalue weighted by atomic mass is 32.2. The Balaban J connectivity index is 2.18. The molecule has 0 saturated heterocycles. The number of nitrogens with zero attached hydrogens (tertiary/aromatic N) is 5. The van der Waals surface area contributed by atoms with Crippen LogP contribution < -0.4 is 0 Å². The molecule has 0 spiro atoms. The number of imidazole rings is 1. The van der Waals surface area contributed by atoms with Gasteiger partial charge in [-0.2, -0.15) is 18.4 Å². The van der Waals surface area contributed by atoms with E-state index in [1.807, 2.05) is 39.0 Å². The summed E-state index contributed by atoms with van der Waals surface area (Å²) in [6.45, 7) is 5.68. The maximum Gasteiger partial charge on any atom is 0.435 e. The molecule has 0 saturated carbocycles. The molecular formula is C19H18F3N5S. The Kier molecular flexibility index (Phi) is 5.10. The van der Waals surface area contributed by atoms with Crippen molar-refractivity contribution in [1.82, 2.24) is 19.7 Å². The second-order valence-corrected chi connectivity index (χ2v) is 8.12. The second-order valence-electron chi connectivity index (χ2n) is 6.81. The van der Waals surface area contributed by atoms with Crippen LogP contribution in [0, 0.1) is 11.3 Å². The van der Waals surface area contributed by atoms with Gasteiger partial charge in [-0.3, -0.25) is 0 Å². The lowest BCUT2D eigenvalue weighted by molar-refractivity contribution is -0.141. The van der Waals surface area contributed by atoms with Gasteiger partial charge in [0.25, 0.3) is 0 Å². The van der Waals surface area contributed by atoms with Crippen LogP contribution in [0.1, 0.15) is 32.0 Å². The molecule has 0 aliphatic heterocycles. The molecule has 1 aromatic carbocycles. The summed E-state index contributed by atoms with van der Waals surface area (Å²) in [5.41, 5.74) is 0.330. The van der Waals surface area contributed by atoms with Gasteiger partial charge in [-0.05, 0) is 37.3 Å². The maximum absolute atomic E-state index is 12.9. The average Bonchev–Trinajstić information content (AvgIpc) is 2.97. The van der Waals surface area contributed by atoms with E-state index in [-0.39, 0.29) is 11.2 Å². The molecule has 0 bridgehead atoms. The summed E-state index contributed by atoms with van der Waals surface area (Å²) >= 11 is 1.58. The van der Waals surface area contributed by atoms with Crippen LogP contribution in [0.25, 0.3) is 22.6 Å². The smallest absolute Gasteiger partial charge is 0.310 e. The van der Waals surface area contributed by atoms with Crippen LogP contribution in [0.2, 0.25) is 0 Å². The van der Waals surface area contributed by atoms with Gasteiger partial charge < -0.3 is 4.57 Å². The summed E-state index contributed by atoms with van der Waals surface area (Å²) in [6, 6.07) is 8.84. The molecule has 0 fully saturated rings. The third kappa shape index (κ3) is 3.56. The number of alkyl halides is 3. The molecule has 3 rings (SSSR count). The third-order valence-corrected chi connectivity index (χ3v) is 5.37. The molecule has 3 aromatic rings. The highest BCUT2D eigenvalue weighted by Gasteiger charge is 2.34. The largest absolute Gasteiger partial charge is 0.435 e. The van der Waals surface area contributed by atoms with Gasteiger partial charge in [0.2, 0.25) is 0 Å². The third-order valence-electron chi connectivity index (χ3n) is 4.43. The number of thioether (sulfide) groups is 1. The first-order chi connectivity index (χ1) is 13.1. The molecule has 0 aliphatic rings. The van der Waals surface area contributed by atoms with Crippen molar-refractivity contribution >= 4 is 22.9 Å². The molecule has 2 aromatic heterocycles. The van der Waals surface area contributed by atoms with Crippen molar-refractivity contribution in [2.24, 2.45) is 7.05 Å². The van der Waals surface area contributed by atoms with Gasteiger partial charge in [0, 0.05) is 23.6 Å². The average molecular weight is 405 g/mol. The van der Waals surface area contributed by atoms with Gasteiger partial charge in [-0.15, -0.1) is 22.0 Å². The van der Waals surface area contributed by atoms with E-state index in [9.17, 15) is 18.4 Å². The molecule has 0 radical (unpaired) electrons. The highest BCUT2D eigenvalue weighted by Crippen LogP contribution is 2.36. The summed E-state index contributed by atoms with van der Waals surface area (Å²) in [6.07, 6.45) is -4.58. The molecule has 0 aliphatic carbocycles. The minimum Gasteiger partial charge on any atom is -0.310 e. The molecular weight excluding hydrogens is 387 g/mol. The van der Waals surface area contributed by atoms with Crippen molar-refractivity contribution in [2.45, 2.75) is 37.3 Å². The number of fused-ring (bicyclic) bond motifs is 1. The van der Waals surface area contributed by atoms with E-state index in [1.54, 1.807) is 23.4 Å². The molecule has 0 amide bonds. The predicted octanol–water partition coefficient (Wildman–Crippen LogP) is 4.96. The first-order valence-electron chi connectivity index (χ1n) is 8.54. The van der Waals surface area contributed by atoms with Crippen LogP contribution in [0.15, 0.2) is 29.2 Å².